The van der Waals surface area contributed by atoms with Crippen LogP contribution in [0.2, 0.25) is 0 Å². The Balaban J connectivity index is 4.17. The molecule has 6 heteroatoms. The van der Waals surface area contributed by atoms with E-state index in [2.05, 4.69) is 17.1 Å². The van der Waals surface area contributed by atoms with Gasteiger partial charge in [-0.05, 0) is 20.0 Å². The maximum Gasteiger partial charge on any atom is 0.109 e. The number of hydrogen-bond acceptors (Lipinski definition) is 6. The van der Waals surface area contributed by atoms with Crippen molar-refractivity contribution >= 4 is 0 Å². The van der Waals surface area contributed by atoms with E-state index in [1.54, 1.807) is 0 Å². The summed E-state index contributed by atoms with van der Waals surface area (Å²) in [5.74, 6) is 0. The molecule has 5 N–H and O–H groups in total. The van der Waals surface area contributed by atoms with Crippen molar-refractivity contribution in [2.24, 2.45) is 0 Å². The minimum Gasteiger partial charge on any atom is -0.394 e. The van der Waals surface area contributed by atoms with Gasteiger partial charge in [-0.2, -0.15) is 0 Å². The zero-order chi connectivity index (χ0) is 15.4. The molecule has 0 amide bonds. The van der Waals surface area contributed by atoms with Crippen LogP contribution in [0.4, 0.5) is 0 Å². The van der Waals surface area contributed by atoms with Crippen molar-refractivity contribution in [3.8, 4) is 0 Å². The van der Waals surface area contributed by atoms with Gasteiger partial charge in [-0.1, -0.05) is 26.2 Å². The van der Waals surface area contributed by atoms with E-state index in [-0.39, 0.29) is 0 Å². The summed E-state index contributed by atoms with van der Waals surface area (Å²) < 4.78 is 0. The third-order valence-electron chi connectivity index (χ3n) is 3.43. The standard InChI is InChI=1S/C14H32N2O4/c1-3-4-5-6-8-16(9-7-15-2)10-12(18)14(20)13(19)11-17/h12-15,17-20H,3-11H2,1-2H3/t12-,13+,14+/m0/s1. The molecular formula is C14H32N2O4. The number of nitrogens with one attached hydrogen (secondary N) is 1. The number of likely N-dealkylation sites (N-methyl/N-ethyl adjacent to an activating group) is 1. The van der Waals surface area contributed by atoms with Crippen LogP contribution in [0.15, 0.2) is 0 Å². The fourth-order valence-electron chi connectivity index (χ4n) is 2.06. The van der Waals surface area contributed by atoms with Gasteiger partial charge in [-0.3, -0.25) is 4.90 Å². The van der Waals surface area contributed by atoms with Crippen molar-refractivity contribution in [2.45, 2.75) is 50.9 Å². The Labute approximate surface area is 122 Å². The van der Waals surface area contributed by atoms with Crippen LogP contribution in [0.25, 0.3) is 0 Å². The summed E-state index contributed by atoms with van der Waals surface area (Å²) in [4.78, 5) is 2.07. The molecule has 0 heterocycles. The summed E-state index contributed by atoms with van der Waals surface area (Å²) in [6.07, 6.45) is 0.937. The molecule has 0 aromatic carbocycles. The fraction of sp³-hybridized carbons (Fsp3) is 1.00. The Bertz CT molecular complexity index is 219. The van der Waals surface area contributed by atoms with Crippen LogP contribution in [-0.4, -0.2) is 83.5 Å². The molecule has 0 aliphatic heterocycles. The minimum atomic E-state index is -1.31. The second kappa shape index (κ2) is 12.5. The number of unbranched alkanes of at least 4 members (excludes halogenated alkanes) is 3. The lowest BCUT2D eigenvalue weighted by Crippen LogP contribution is -2.47. The topological polar surface area (TPSA) is 96.2 Å². The van der Waals surface area contributed by atoms with Crippen molar-refractivity contribution in [3.05, 3.63) is 0 Å². The first kappa shape index (κ1) is 19.8. The second-order valence-corrected chi connectivity index (χ2v) is 5.27. The van der Waals surface area contributed by atoms with E-state index in [0.29, 0.717) is 6.54 Å². The van der Waals surface area contributed by atoms with Gasteiger partial charge in [0.05, 0.1) is 12.7 Å². The lowest BCUT2D eigenvalue weighted by Gasteiger charge is -2.28. The van der Waals surface area contributed by atoms with E-state index < -0.39 is 24.9 Å². The van der Waals surface area contributed by atoms with Crippen molar-refractivity contribution in [1.29, 1.82) is 0 Å². The highest BCUT2D eigenvalue weighted by Crippen LogP contribution is 2.06. The van der Waals surface area contributed by atoms with Crippen molar-refractivity contribution < 1.29 is 20.4 Å². The maximum absolute atomic E-state index is 9.91. The summed E-state index contributed by atoms with van der Waals surface area (Å²) in [5.41, 5.74) is 0. The zero-order valence-corrected chi connectivity index (χ0v) is 12.8. The second-order valence-electron chi connectivity index (χ2n) is 5.27. The molecule has 0 aliphatic rings. The first-order chi connectivity index (χ1) is 9.56. The van der Waals surface area contributed by atoms with Gasteiger partial charge in [-0.25, -0.2) is 0 Å². The average Bonchev–Trinajstić information content (AvgIpc) is 2.46. The maximum atomic E-state index is 9.91. The van der Waals surface area contributed by atoms with Crippen molar-refractivity contribution in [3.63, 3.8) is 0 Å². The SMILES string of the molecule is CCCCCCN(CCNC)C[C@H](O)[C@@H](O)[C@H](O)CO. The molecule has 0 saturated carbocycles. The molecule has 0 unspecified atom stereocenters. The van der Waals surface area contributed by atoms with Crippen LogP contribution in [0, 0.1) is 0 Å². The highest BCUT2D eigenvalue weighted by atomic mass is 16.4. The molecule has 0 fully saturated rings. The number of nitrogens with zero attached hydrogens (tertiary/aromatic N) is 1. The first-order valence-corrected chi connectivity index (χ1v) is 7.58. The van der Waals surface area contributed by atoms with Crippen LogP contribution < -0.4 is 5.32 Å². The average molecular weight is 292 g/mol. The van der Waals surface area contributed by atoms with E-state index in [9.17, 15) is 15.3 Å². The van der Waals surface area contributed by atoms with Crippen LogP contribution in [0.3, 0.4) is 0 Å². The van der Waals surface area contributed by atoms with E-state index >= 15 is 0 Å². The van der Waals surface area contributed by atoms with Gasteiger partial charge in [-0.15, -0.1) is 0 Å². The van der Waals surface area contributed by atoms with Crippen molar-refractivity contribution in [1.82, 2.24) is 10.2 Å². The Hall–Kier alpha value is -0.240. The number of hydrogen-bond donors (Lipinski definition) is 5. The quantitative estimate of drug-likeness (QED) is 0.284. The summed E-state index contributed by atoms with van der Waals surface area (Å²) in [6.45, 7) is 4.36. The largest absolute Gasteiger partial charge is 0.394 e. The van der Waals surface area contributed by atoms with E-state index in [1.807, 2.05) is 7.05 Å². The number of rotatable bonds is 13. The monoisotopic (exact) mass is 292 g/mol. The third kappa shape index (κ3) is 8.84. The van der Waals surface area contributed by atoms with Crippen LogP contribution in [0.1, 0.15) is 32.6 Å². The summed E-state index contributed by atoms with van der Waals surface area (Å²) in [7, 11) is 1.87. The van der Waals surface area contributed by atoms with Gasteiger partial charge in [0.1, 0.15) is 12.2 Å². The molecule has 0 bridgehead atoms. The van der Waals surface area contributed by atoms with Crippen LogP contribution in [-0.2, 0) is 0 Å². The van der Waals surface area contributed by atoms with Gasteiger partial charge >= 0.3 is 0 Å². The Kier molecular flexibility index (Phi) is 12.3. The molecular weight excluding hydrogens is 260 g/mol. The lowest BCUT2D eigenvalue weighted by atomic mass is 10.1. The predicted molar refractivity (Wildman–Crippen MR) is 79.6 cm³/mol. The van der Waals surface area contributed by atoms with Crippen molar-refractivity contribution in [2.75, 3.05) is 39.8 Å². The molecule has 0 rings (SSSR count). The lowest BCUT2D eigenvalue weighted by molar-refractivity contribution is -0.0840. The molecule has 0 spiro atoms. The highest BCUT2D eigenvalue weighted by molar-refractivity contribution is 4.78. The van der Waals surface area contributed by atoms with E-state index in [4.69, 9.17) is 5.11 Å². The molecule has 0 aliphatic carbocycles. The number of aliphatic hydroxyl groups is 4. The molecule has 122 valence electrons. The number of aliphatic hydroxyl groups excluding tert-OH is 4. The van der Waals surface area contributed by atoms with Gasteiger partial charge in [0.15, 0.2) is 0 Å². The van der Waals surface area contributed by atoms with Gasteiger partial charge in [0.2, 0.25) is 0 Å². The smallest absolute Gasteiger partial charge is 0.109 e. The van der Waals surface area contributed by atoms with E-state index in [1.165, 1.54) is 12.8 Å². The van der Waals surface area contributed by atoms with Crippen LogP contribution >= 0.6 is 0 Å². The molecule has 6 nitrogen and oxygen atoms in total. The Morgan fingerprint density at radius 2 is 1.70 bits per heavy atom. The van der Waals surface area contributed by atoms with Gasteiger partial charge in [0.25, 0.3) is 0 Å². The normalized spacial score (nSPS) is 16.4. The highest BCUT2D eigenvalue weighted by Gasteiger charge is 2.25. The van der Waals surface area contributed by atoms with Crippen LogP contribution in [0.5, 0.6) is 0 Å². The van der Waals surface area contributed by atoms with E-state index in [0.717, 1.165) is 32.5 Å². The molecule has 3 atom stereocenters. The fourth-order valence-corrected chi connectivity index (χ4v) is 2.06. The summed E-state index contributed by atoms with van der Waals surface area (Å²) in [5, 5.41) is 40.8. The Morgan fingerprint density at radius 1 is 1.00 bits per heavy atom. The first-order valence-electron chi connectivity index (χ1n) is 7.58. The van der Waals surface area contributed by atoms with Gasteiger partial charge < -0.3 is 25.7 Å². The zero-order valence-electron chi connectivity index (χ0n) is 12.8. The predicted octanol–water partition coefficient (Wildman–Crippen LogP) is -0.837. The molecule has 0 aromatic rings. The molecule has 20 heavy (non-hydrogen) atoms. The molecule has 0 radical (unpaired) electrons. The Morgan fingerprint density at radius 3 is 2.25 bits per heavy atom. The minimum absolute atomic E-state index is 0.298. The van der Waals surface area contributed by atoms with Gasteiger partial charge in [0, 0.05) is 19.6 Å². The third-order valence-corrected chi connectivity index (χ3v) is 3.43. The summed E-state index contributed by atoms with van der Waals surface area (Å²) >= 11 is 0. The summed E-state index contributed by atoms with van der Waals surface area (Å²) in [6, 6.07) is 0. The molecule has 0 aromatic heterocycles. The molecule has 0 saturated heterocycles.